The van der Waals surface area contributed by atoms with Crippen molar-refractivity contribution in [2.24, 2.45) is 5.73 Å². The SMILES string of the molecule is CC(N)c1ccc(C(=O)Nc2ccncc2)cc1-c1cccc(C(=O)Oc2ccc3c(c2)OC(=O)CC3)c1. The standard InChI is InChI=1S/C30H25N3O5/c1-18(31)25-9-6-21(29(35)33-23-11-13-32-14-12-23)16-26(25)20-3-2-4-22(15-20)30(36)37-24-8-5-19-7-10-28(34)38-27(19)17-24/h2-6,8-9,11-18H,7,10,31H2,1H3,(H,32,33,35). The maximum absolute atomic E-state index is 13.0. The van der Waals surface area contributed by atoms with Gasteiger partial charge in [0.25, 0.3) is 5.91 Å². The molecule has 0 saturated carbocycles. The highest BCUT2D eigenvalue weighted by Crippen LogP contribution is 2.32. The van der Waals surface area contributed by atoms with E-state index < -0.39 is 5.97 Å². The first kappa shape index (κ1) is 24.9. The number of amides is 1. The monoisotopic (exact) mass is 507 g/mol. The summed E-state index contributed by atoms with van der Waals surface area (Å²) in [4.78, 5) is 41.5. The van der Waals surface area contributed by atoms with Crippen LogP contribution in [0, 0.1) is 0 Å². The molecule has 0 radical (unpaired) electrons. The second-order valence-corrected chi connectivity index (χ2v) is 8.99. The topological polar surface area (TPSA) is 121 Å². The molecule has 1 atom stereocenters. The smallest absolute Gasteiger partial charge is 0.343 e. The van der Waals surface area contributed by atoms with Crippen LogP contribution >= 0.6 is 0 Å². The van der Waals surface area contributed by atoms with Gasteiger partial charge in [-0.15, -0.1) is 0 Å². The quantitative estimate of drug-likeness (QED) is 0.275. The van der Waals surface area contributed by atoms with E-state index in [2.05, 4.69) is 10.3 Å². The molecule has 1 amide bonds. The average molecular weight is 508 g/mol. The molecule has 1 aliphatic heterocycles. The van der Waals surface area contributed by atoms with E-state index >= 15 is 0 Å². The molecule has 8 heteroatoms. The Morgan fingerprint density at radius 1 is 0.974 bits per heavy atom. The van der Waals surface area contributed by atoms with Crippen LogP contribution in [-0.2, 0) is 11.2 Å². The van der Waals surface area contributed by atoms with Gasteiger partial charge in [0.1, 0.15) is 11.5 Å². The van der Waals surface area contributed by atoms with E-state index in [4.69, 9.17) is 15.2 Å². The van der Waals surface area contributed by atoms with E-state index in [-0.39, 0.29) is 23.7 Å². The summed E-state index contributed by atoms with van der Waals surface area (Å²) in [7, 11) is 0. The molecule has 0 saturated heterocycles. The molecule has 0 bridgehead atoms. The molecule has 190 valence electrons. The zero-order valence-electron chi connectivity index (χ0n) is 20.6. The van der Waals surface area contributed by atoms with E-state index in [0.29, 0.717) is 41.0 Å². The van der Waals surface area contributed by atoms with Gasteiger partial charge < -0.3 is 20.5 Å². The van der Waals surface area contributed by atoms with Crippen molar-refractivity contribution in [2.75, 3.05) is 5.32 Å². The van der Waals surface area contributed by atoms with Crippen molar-refractivity contribution in [3.8, 4) is 22.6 Å². The summed E-state index contributed by atoms with van der Waals surface area (Å²) in [6, 6.07) is 20.4. The number of hydrogen-bond acceptors (Lipinski definition) is 7. The third kappa shape index (κ3) is 5.45. The maximum atomic E-state index is 13.0. The Balaban J connectivity index is 1.41. The normalized spacial score (nSPS) is 13.2. The zero-order chi connectivity index (χ0) is 26.6. The summed E-state index contributed by atoms with van der Waals surface area (Å²) < 4.78 is 10.8. The molecule has 38 heavy (non-hydrogen) atoms. The van der Waals surface area contributed by atoms with Crippen molar-refractivity contribution in [2.45, 2.75) is 25.8 Å². The average Bonchev–Trinajstić information content (AvgIpc) is 2.93. The molecule has 0 spiro atoms. The largest absolute Gasteiger partial charge is 0.426 e. The van der Waals surface area contributed by atoms with Gasteiger partial charge in [-0.05, 0) is 78.1 Å². The van der Waals surface area contributed by atoms with Gasteiger partial charge >= 0.3 is 11.9 Å². The van der Waals surface area contributed by atoms with Crippen LogP contribution in [0.5, 0.6) is 11.5 Å². The van der Waals surface area contributed by atoms with Crippen molar-refractivity contribution in [1.29, 1.82) is 0 Å². The number of pyridine rings is 1. The van der Waals surface area contributed by atoms with E-state index in [1.165, 1.54) is 0 Å². The number of aromatic nitrogens is 1. The van der Waals surface area contributed by atoms with E-state index in [9.17, 15) is 14.4 Å². The second-order valence-electron chi connectivity index (χ2n) is 8.99. The van der Waals surface area contributed by atoms with Gasteiger partial charge in [-0.2, -0.15) is 0 Å². The molecule has 8 nitrogen and oxygen atoms in total. The summed E-state index contributed by atoms with van der Waals surface area (Å²) in [6.07, 6.45) is 4.12. The van der Waals surface area contributed by atoms with Crippen LogP contribution in [0.4, 0.5) is 5.69 Å². The fourth-order valence-corrected chi connectivity index (χ4v) is 4.27. The molecule has 3 N–H and O–H groups in total. The van der Waals surface area contributed by atoms with E-state index in [1.54, 1.807) is 73.1 Å². The van der Waals surface area contributed by atoms with Crippen LogP contribution in [0.1, 0.15) is 51.2 Å². The minimum atomic E-state index is -0.567. The van der Waals surface area contributed by atoms with Gasteiger partial charge in [0.15, 0.2) is 0 Å². The van der Waals surface area contributed by atoms with Crippen LogP contribution in [0.25, 0.3) is 11.1 Å². The Morgan fingerprint density at radius 3 is 2.58 bits per heavy atom. The van der Waals surface area contributed by atoms with Crippen molar-refractivity contribution in [3.63, 3.8) is 0 Å². The third-order valence-electron chi connectivity index (χ3n) is 6.22. The Bertz CT molecular complexity index is 1530. The zero-order valence-corrected chi connectivity index (χ0v) is 20.6. The van der Waals surface area contributed by atoms with Gasteiger partial charge in [0.05, 0.1) is 12.0 Å². The van der Waals surface area contributed by atoms with Crippen molar-refractivity contribution >= 4 is 23.5 Å². The molecule has 4 aromatic rings. The summed E-state index contributed by atoms with van der Waals surface area (Å²) in [5.74, 6) is -0.473. The van der Waals surface area contributed by atoms with E-state index in [1.807, 2.05) is 19.1 Å². The van der Waals surface area contributed by atoms with Crippen LogP contribution in [-0.4, -0.2) is 22.8 Å². The number of nitrogens with one attached hydrogen (secondary N) is 1. The van der Waals surface area contributed by atoms with E-state index in [0.717, 1.165) is 16.7 Å². The summed E-state index contributed by atoms with van der Waals surface area (Å²) in [6.45, 7) is 1.86. The fourth-order valence-electron chi connectivity index (χ4n) is 4.27. The second kappa shape index (κ2) is 10.7. The highest BCUT2D eigenvalue weighted by Gasteiger charge is 2.20. The first-order chi connectivity index (χ1) is 18.4. The molecule has 1 aliphatic rings. The number of carbonyl (C=O) groups is 3. The number of hydrogen-bond donors (Lipinski definition) is 2. The number of rotatable bonds is 6. The number of fused-ring (bicyclic) bond motifs is 1. The summed E-state index contributed by atoms with van der Waals surface area (Å²) in [5, 5.41) is 2.85. The number of carbonyl (C=O) groups excluding carboxylic acids is 3. The highest BCUT2D eigenvalue weighted by molar-refractivity contribution is 6.05. The van der Waals surface area contributed by atoms with Crippen LogP contribution in [0.2, 0.25) is 0 Å². The Labute approximate surface area is 219 Å². The number of nitrogens with zero attached hydrogens (tertiary/aromatic N) is 1. The molecule has 0 fully saturated rings. The molecular formula is C30H25N3O5. The van der Waals surface area contributed by atoms with Crippen molar-refractivity contribution < 1.29 is 23.9 Å². The predicted molar refractivity (Wildman–Crippen MR) is 142 cm³/mol. The van der Waals surface area contributed by atoms with Gasteiger partial charge in [0, 0.05) is 35.8 Å². The molecule has 1 unspecified atom stereocenters. The first-order valence-corrected chi connectivity index (χ1v) is 12.1. The number of ether oxygens (including phenoxy) is 2. The van der Waals surface area contributed by atoms with Crippen LogP contribution in [0.3, 0.4) is 0 Å². The minimum Gasteiger partial charge on any atom is -0.426 e. The minimum absolute atomic E-state index is 0.278. The first-order valence-electron chi connectivity index (χ1n) is 12.1. The van der Waals surface area contributed by atoms with Crippen LogP contribution < -0.4 is 20.5 Å². The fraction of sp³-hybridized carbons (Fsp3) is 0.133. The Hall–Kier alpha value is -4.82. The van der Waals surface area contributed by atoms with Crippen LogP contribution in [0.15, 0.2) is 85.2 Å². The number of esters is 2. The van der Waals surface area contributed by atoms with Gasteiger partial charge in [-0.25, -0.2) is 4.79 Å². The Morgan fingerprint density at radius 2 is 1.79 bits per heavy atom. The number of nitrogens with two attached hydrogens (primary N) is 1. The van der Waals surface area contributed by atoms with Crippen molar-refractivity contribution in [3.05, 3.63) is 107 Å². The lowest BCUT2D eigenvalue weighted by Gasteiger charge is -2.17. The molecule has 0 aliphatic carbocycles. The lowest BCUT2D eigenvalue weighted by atomic mass is 9.92. The van der Waals surface area contributed by atoms with Gasteiger partial charge in [-0.1, -0.05) is 24.3 Å². The number of benzene rings is 3. The predicted octanol–water partition coefficient (Wildman–Crippen LogP) is 5.09. The lowest BCUT2D eigenvalue weighted by Crippen LogP contribution is -2.16. The molecule has 2 heterocycles. The number of aryl methyl sites for hydroxylation is 1. The van der Waals surface area contributed by atoms with Crippen molar-refractivity contribution in [1.82, 2.24) is 4.98 Å². The lowest BCUT2D eigenvalue weighted by molar-refractivity contribution is -0.135. The molecular weight excluding hydrogens is 482 g/mol. The summed E-state index contributed by atoms with van der Waals surface area (Å²) in [5.41, 5.74) is 10.8. The van der Waals surface area contributed by atoms with Gasteiger partial charge in [0.2, 0.25) is 0 Å². The summed E-state index contributed by atoms with van der Waals surface area (Å²) >= 11 is 0. The Kier molecular flexibility index (Phi) is 6.97. The third-order valence-corrected chi connectivity index (χ3v) is 6.22. The van der Waals surface area contributed by atoms with Gasteiger partial charge in [-0.3, -0.25) is 14.6 Å². The molecule has 1 aromatic heterocycles. The number of anilines is 1. The molecule has 5 rings (SSSR count). The highest BCUT2D eigenvalue weighted by atomic mass is 16.5. The molecule has 3 aromatic carbocycles. The maximum Gasteiger partial charge on any atom is 0.343 e.